The van der Waals surface area contributed by atoms with Crippen LogP contribution in [0.1, 0.15) is 12.8 Å². The summed E-state index contributed by atoms with van der Waals surface area (Å²) in [7, 11) is -3.68. The van der Waals surface area contributed by atoms with Crippen LogP contribution in [0.15, 0.2) is 29.2 Å². The summed E-state index contributed by atoms with van der Waals surface area (Å²) in [5.41, 5.74) is -0.138. The molecule has 1 aromatic rings. The standard InChI is InChI=1S/C16H22N4O5S2/c21-20(22)13-3-5-15(6-4-13)27(23,24)19-9-7-18(8-10-19)16(26)17-12-14-2-1-11-25-14/h3-6,14H,1-2,7-12H2,(H,17,26). The van der Waals surface area contributed by atoms with Gasteiger partial charge in [0, 0.05) is 51.5 Å². The zero-order valence-corrected chi connectivity index (χ0v) is 16.4. The number of sulfonamides is 1. The van der Waals surface area contributed by atoms with E-state index in [4.69, 9.17) is 17.0 Å². The van der Waals surface area contributed by atoms with Crippen LogP contribution in [0.5, 0.6) is 0 Å². The lowest BCUT2D eigenvalue weighted by molar-refractivity contribution is -0.384. The lowest BCUT2D eigenvalue weighted by Crippen LogP contribution is -2.53. The maximum Gasteiger partial charge on any atom is 0.269 e. The Morgan fingerprint density at radius 3 is 2.48 bits per heavy atom. The Hall–Kier alpha value is -1.82. The van der Waals surface area contributed by atoms with E-state index < -0.39 is 14.9 Å². The van der Waals surface area contributed by atoms with Gasteiger partial charge in [0.2, 0.25) is 10.0 Å². The average molecular weight is 415 g/mol. The fraction of sp³-hybridized carbons (Fsp3) is 0.562. The maximum absolute atomic E-state index is 12.7. The van der Waals surface area contributed by atoms with Crippen LogP contribution < -0.4 is 5.32 Å². The molecule has 1 atom stereocenters. The zero-order valence-electron chi connectivity index (χ0n) is 14.7. The summed E-state index contributed by atoms with van der Waals surface area (Å²) < 4.78 is 32.4. The van der Waals surface area contributed by atoms with Crippen LogP contribution in [0, 0.1) is 10.1 Å². The van der Waals surface area contributed by atoms with E-state index in [-0.39, 0.29) is 16.7 Å². The number of thiocarbonyl (C=S) groups is 1. The normalized spacial score (nSPS) is 21.2. The van der Waals surface area contributed by atoms with E-state index >= 15 is 0 Å². The Bertz CT molecular complexity index is 786. The molecule has 2 aliphatic rings. The van der Waals surface area contributed by atoms with Gasteiger partial charge < -0.3 is 15.0 Å². The lowest BCUT2D eigenvalue weighted by Gasteiger charge is -2.35. The highest BCUT2D eigenvalue weighted by atomic mass is 32.2. The molecule has 0 bridgehead atoms. The fourth-order valence-corrected chi connectivity index (χ4v) is 4.83. The molecule has 2 saturated heterocycles. The van der Waals surface area contributed by atoms with E-state index in [9.17, 15) is 18.5 Å². The molecule has 2 aliphatic heterocycles. The molecule has 1 unspecified atom stereocenters. The first-order valence-corrected chi connectivity index (χ1v) is 10.6. The molecule has 0 spiro atoms. The molecule has 2 heterocycles. The summed E-state index contributed by atoms with van der Waals surface area (Å²) in [6.45, 7) is 3.05. The number of non-ortho nitro benzene ring substituents is 1. The number of nitrogens with one attached hydrogen (secondary N) is 1. The molecule has 0 radical (unpaired) electrons. The summed E-state index contributed by atoms with van der Waals surface area (Å²) in [6.07, 6.45) is 2.28. The molecule has 0 aromatic heterocycles. The predicted octanol–water partition coefficient (Wildman–Crippen LogP) is 0.955. The molecule has 9 nitrogen and oxygen atoms in total. The van der Waals surface area contributed by atoms with Crippen molar-refractivity contribution in [2.24, 2.45) is 0 Å². The SMILES string of the molecule is O=[N+]([O-])c1ccc(S(=O)(=O)N2CCN(C(=S)NCC3CCCO3)CC2)cc1. The van der Waals surface area contributed by atoms with E-state index in [2.05, 4.69) is 5.32 Å². The number of hydrogen-bond acceptors (Lipinski definition) is 6. The number of rotatable bonds is 5. The number of benzene rings is 1. The Kier molecular flexibility index (Phi) is 6.25. The third-order valence-electron chi connectivity index (χ3n) is 4.72. The zero-order chi connectivity index (χ0) is 19.4. The molecule has 27 heavy (non-hydrogen) atoms. The summed E-state index contributed by atoms with van der Waals surface area (Å²) >= 11 is 5.40. The van der Waals surface area contributed by atoms with Gasteiger partial charge in [-0.05, 0) is 37.2 Å². The molecular formula is C16H22N4O5S2. The Balaban J connectivity index is 1.54. The third-order valence-corrected chi connectivity index (χ3v) is 7.03. The second-order valence-corrected chi connectivity index (χ2v) is 8.79. The van der Waals surface area contributed by atoms with Crippen molar-refractivity contribution >= 4 is 33.0 Å². The van der Waals surface area contributed by atoms with E-state index in [1.807, 2.05) is 4.90 Å². The van der Waals surface area contributed by atoms with Crippen molar-refractivity contribution in [2.45, 2.75) is 23.8 Å². The van der Waals surface area contributed by atoms with Crippen LogP contribution in [0.3, 0.4) is 0 Å². The average Bonchev–Trinajstić information content (AvgIpc) is 3.20. The van der Waals surface area contributed by atoms with Gasteiger partial charge >= 0.3 is 0 Å². The van der Waals surface area contributed by atoms with Crippen molar-refractivity contribution < 1.29 is 18.1 Å². The molecule has 0 saturated carbocycles. The largest absolute Gasteiger partial charge is 0.376 e. The van der Waals surface area contributed by atoms with Crippen molar-refractivity contribution in [3.63, 3.8) is 0 Å². The monoisotopic (exact) mass is 414 g/mol. The molecular weight excluding hydrogens is 392 g/mol. The molecule has 0 amide bonds. The first kappa shape index (κ1) is 19.9. The van der Waals surface area contributed by atoms with Crippen molar-refractivity contribution in [1.82, 2.24) is 14.5 Å². The smallest absolute Gasteiger partial charge is 0.269 e. The summed E-state index contributed by atoms with van der Waals surface area (Å²) in [6, 6.07) is 4.95. The second kappa shape index (κ2) is 8.46. The van der Waals surface area contributed by atoms with Gasteiger partial charge in [-0.2, -0.15) is 4.31 Å². The summed E-state index contributed by atoms with van der Waals surface area (Å²) in [4.78, 5) is 12.2. The van der Waals surface area contributed by atoms with Crippen LogP contribution in [0.2, 0.25) is 0 Å². The van der Waals surface area contributed by atoms with Gasteiger partial charge in [-0.1, -0.05) is 0 Å². The quantitative estimate of drug-likeness (QED) is 0.431. The highest BCUT2D eigenvalue weighted by molar-refractivity contribution is 7.89. The maximum atomic E-state index is 12.7. The van der Waals surface area contributed by atoms with Gasteiger partial charge in [-0.15, -0.1) is 0 Å². The third kappa shape index (κ3) is 4.72. The lowest BCUT2D eigenvalue weighted by atomic mass is 10.2. The number of nitro benzene ring substituents is 1. The van der Waals surface area contributed by atoms with Crippen molar-refractivity contribution in [1.29, 1.82) is 0 Å². The molecule has 1 N–H and O–H groups in total. The first-order valence-electron chi connectivity index (χ1n) is 8.77. The predicted molar refractivity (Wildman–Crippen MR) is 103 cm³/mol. The summed E-state index contributed by atoms with van der Waals surface area (Å²) in [5.74, 6) is 0. The van der Waals surface area contributed by atoms with Crippen molar-refractivity contribution in [3.05, 3.63) is 34.4 Å². The number of hydrogen-bond donors (Lipinski definition) is 1. The second-order valence-electron chi connectivity index (χ2n) is 6.46. The van der Waals surface area contributed by atoms with Crippen LogP contribution in [0.4, 0.5) is 5.69 Å². The molecule has 3 rings (SSSR count). The Morgan fingerprint density at radius 1 is 1.26 bits per heavy atom. The van der Waals surface area contributed by atoms with Crippen LogP contribution >= 0.6 is 12.2 Å². The van der Waals surface area contributed by atoms with Gasteiger partial charge in [-0.3, -0.25) is 10.1 Å². The molecule has 148 valence electrons. The van der Waals surface area contributed by atoms with Gasteiger partial charge in [0.15, 0.2) is 5.11 Å². The van der Waals surface area contributed by atoms with Gasteiger partial charge in [0.05, 0.1) is 15.9 Å². The van der Waals surface area contributed by atoms with Crippen molar-refractivity contribution in [2.75, 3.05) is 39.3 Å². The van der Waals surface area contributed by atoms with Gasteiger partial charge in [-0.25, -0.2) is 8.42 Å². The van der Waals surface area contributed by atoms with Gasteiger partial charge in [0.25, 0.3) is 5.69 Å². The van der Waals surface area contributed by atoms with E-state index in [1.165, 1.54) is 28.6 Å². The molecule has 2 fully saturated rings. The van der Waals surface area contributed by atoms with E-state index in [0.717, 1.165) is 19.4 Å². The van der Waals surface area contributed by atoms with Gasteiger partial charge in [0.1, 0.15) is 0 Å². The highest BCUT2D eigenvalue weighted by Gasteiger charge is 2.29. The fourth-order valence-electron chi connectivity index (χ4n) is 3.14. The van der Waals surface area contributed by atoms with Crippen molar-refractivity contribution in [3.8, 4) is 0 Å². The number of ether oxygens (including phenoxy) is 1. The van der Waals surface area contributed by atoms with E-state index in [0.29, 0.717) is 37.8 Å². The number of piperazine rings is 1. The Morgan fingerprint density at radius 2 is 1.93 bits per heavy atom. The summed E-state index contributed by atoms with van der Waals surface area (Å²) in [5, 5.41) is 14.5. The first-order chi connectivity index (χ1) is 12.9. The minimum Gasteiger partial charge on any atom is -0.376 e. The minimum atomic E-state index is -3.68. The minimum absolute atomic E-state index is 0.0561. The number of nitrogens with zero attached hydrogens (tertiary/aromatic N) is 3. The molecule has 0 aliphatic carbocycles. The number of nitro groups is 1. The molecule has 1 aromatic carbocycles. The van der Waals surface area contributed by atoms with Crippen LogP contribution in [-0.2, 0) is 14.8 Å². The highest BCUT2D eigenvalue weighted by Crippen LogP contribution is 2.21. The molecule has 11 heteroatoms. The van der Waals surface area contributed by atoms with Crippen LogP contribution in [-0.4, -0.2) is 73.1 Å². The van der Waals surface area contributed by atoms with E-state index in [1.54, 1.807) is 0 Å². The topological polar surface area (TPSA) is 105 Å². The Labute approximate surface area is 163 Å². The van der Waals surface area contributed by atoms with Crippen LogP contribution in [0.25, 0.3) is 0 Å².